The number of aromatic nitrogens is 2. The number of hydrogen-bond donors (Lipinski definition) is 2. The number of carbonyl (C=O) groups is 2. The summed E-state index contributed by atoms with van der Waals surface area (Å²) in [5, 5.41) is 6.49. The molecule has 1 atom stereocenters. The zero-order valence-electron chi connectivity index (χ0n) is 17.8. The van der Waals surface area contributed by atoms with Crippen molar-refractivity contribution in [3.8, 4) is 11.5 Å². The largest absolute Gasteiger partial charge is 0.457 e. The van der Waals surface area contributed by atoms with Crippen LogP contribution in [-0.2, 0) is 4.79 Å². The summed E-state index contributed by atoms with van der Waals surface area (Å²) in [6, 6.07) is 12.8. The van der Waals surface area contributed by atoms with E-state index in [0.717, 1.165) is 16.9 Å². The van der Waals surface area contributed by atoms with Gasteiger partial charge < -0.3 is 15.4 Å². The number of amides is 2. The van der Waals surface area contributed by atoms with Gasteiger partial charge in [0.2, 0.25) is 5.91 Å². The molecule has 2 aromatic carbocycles. The van der Waals surface area contributed by atoms with E-state index in [-0.39, 0.29) is 17.9 Å². The van der Waals surface area contributed by atoms with E-state index in [0.29, 0.717) is 29.2 Å². The number of benzene rings is 2. The minimum atomic E-state index is -0.879. The van der Waals surface area contributed by atoms with Crippen molar-refractivity contribution in [2.24, 2.45) is 0 Å². The molecule has 32 heavy (non-hydrogen) atoms. The Labute approximate surface area is 191 Å². The van der Waals surface area contributed by atoms with Gasteiger partial charge in [0.05, 0.1) is 11.6 Å². The number of nitrogens with zero attached hydrogens (tertiary/aromatic N) is 2. The van der Waals surface area contributed by atoms with Crippen molar-refractivity contribution in [2.75, 3.05) is 0 Å². The minimum Gasteiger partial charge on any atom is -0.457 e. The molecule has 2 amide bonds. The molecule has 8 heteroatoms. The Morgan fingerprint density at radius 1 is 1.09 bits per heavy atom. The van der Waals surface area contributed by atoms with E-state index in [1.54, 1.807) is 6.07 Å². The Hall–Kier alpha value is -3.45. The summed E-state index contributed by atoms with van der Waals surface area (Å²) >= 11 is 5.99. The molecular formula is C24H23ClN4O3. The van der Waals surface area contributed by atoms with E-state index in [1.807, 2.05) is 50.2 Å². The van der Waals surface area contributed by atoms with E-state index in [9.17, 15) is 9.59 Å². The average Bonchev–Trinajstić information content (AvgIpc) is 3.57. The maximum Gasteiger partial charge on any atom is 0.255 e. The van der Waals surface area contributed by atoms with Gasteiger partial charge >= 0.3 is 0 Å². The van der Waals surface area contributed by atoms with Gasteiger partial charge in [0.1, 0.15) is 23.4 Å². The lowest BCUT2D eigenvalue weighted by Crippen LogP contribution is -2.49. The summed E-state index contributed by atoms with van der Waals surface area (Å²) in [6.07, 6.45) is 5.39. The fourth-order valence-corrected chi connectivity index (χ4v) is 3.56. The lowest BCUT2D eigenvalue weighted by molar-refractivity contribution is -0.124. The number of aryl methyl sites for hydroxylation is 1. The number of carbonyl (C=O) groups excluding carboxylic acids is 2. The second-order valence-electron chi connectivity index (χ2n) is 7.94. The molecule has 0 spiro atoms. The number of rotatable bonds is 7. The van der Waals surface area contributed by atoms with Crippen molar-refractivity contribution < 1.29 is 14.3 Å². The predicted molar refractivity (Wildman–Crippen MR) is 121 cm³/mol. The van der Waals surface area contributed by atoms with E-state index < -0.39 is 5.54 Å². The van der Waals surface area contributed by atoms with Gasteiger partial charge in [-0.3, -0.25) is 9.59 Å². The molecule has 1 aliphatic carbocycles. The first kappa shape index (κ1) is 21.8. The van der Waals surface area contributed by atoms with E-state index in [1.165, 1.54) is 18.7 Å². The summed E-state index contributed by atoms with van der Waals surface area (Å²) < 4.78 is 5.93. The quantitative estimate of drug-likeness (QED) is 0.557. The van der Waals surface area contributed by atoms with Gasteiger partial charge in [0.25, 0.3) is 5.91 Å². The SMILES string of the molecule is Cc1cc(Cl)ccc1Oc1ccc(C(C)NC(=O)C2(NC(=O)c3cncnc3)CC2)cc1. The lowest BCUT2D eigenvalue weighted by atomic mass is 10.1. The molecule has 1 saturated carbocycles. The number of ether oxygens (including phenoxy) is 1. The van der Waals surface area contributed by atoms with Crippen LogP contribution in [0.3, 0.4) is 0 Å². The Morgan fingerprint density at radius 2 is 1.78 bits per heavy atom. The molecule has 164 valence electrons. The minimum absolute atomic E-state index is 0.202. The number of nitrogens with one attached hydrogen (secondary N) is 2. The standard InChI is InChI=1S/C24H23ClN4O3/c1-15-11-19(25)5-8-21(15)32-20-6-3-17(4-7-20)16(2)28-23(31)24(9-10-24)29-22(30)18-12-26-14-27-13-18/h3-8,11-14,16H,9-10H2,1-2H3,(H,28,31)(H,29,30). The summed E-state index contributed by atoms with van der Waals surface area (Å²) in [5.74, 6) is 0.865. The van der Waals surface area contributed by atoms with Crippen LogP contribution in [0.5, 0.6) is 11.5 Å². The highest BCUT2D eigenvalue weighted by Crippen LogP contribution is 2.36. The molecule has 0 saturated heterocycles. The van der Waals surface area contributed by atoms with E-state index in [4.69, 9.17) is 16.3 Å². The normalized spacial score (nSPS) is 14.8. The van der Waals surface area contributed by atoms with E-state index in [2.05, 4.69) is 20.6 Å². The highest BCUT2D eigenvalue weighted by atomic mass is 35.5. The molecule has 2 N–H and O–H groups in total. The van der Waals surface area contributed by atoms with Crippen molar-refractivity contribution in [2.45, 2.75) is 38.3 Å². The number of halogens is 1. The Kier molecular flexibility index (Phi) is 6.10. The number of hydrogen-bond acceptors (Lipinski definition) is 5. The molecule has 0 bridgehead atoms. The second kappa shape index (κ2) is 8.96. The third-order valence-electron chi connectivity index (χ3n) is 5.45. The van der Waals surface area contributed by atoms with Crippen LogP contribution in [0.2, 0.25) is 5.02 Å². The molecule has 1 heterocycles. The van der Waals surface area contributed by atoms with Crippen molar-refractivity contribution in [3.63, 3.8) is 0 Å². The first-order valence-corrected chi connectivity index (χ1v) is 10.7. The predicted octanol–water partition coefficient (Wildman–Crippen LogP) is 4.37. The highest BCUT2D eigenvalue weighted by Gasteiger charge is 2.51. The zero-order chi connectivity index (χ0) is 22.7. The van der Waals surface area contributed by atoms with Crippen molar-refractivity contribution >= 4 is 23.4 Å². The lowest BCUT2D eigenvalue weighted by Gasteiger charge is -2.21. The summed E-state index contributed by atoms with van der Waals surface area (Å²) in [4.78, 5) is 32.9. The smallest absolute Gasteiger partial charge is 0.255 e. The molecule has 3 aromatic rings. The van der Waals surface area contributed by atoms with Crippen LogP contribution in [0.4, 0.5) is 0 Å². The molecular weight excluding hydrogens is 428 g/mol. The van der Waals surface area contributed by atoms with Gasteiger partial charge in [-0.15, -0.1) is 0 Å². The molecule has 7 nitrogen and oxygen atoms in total. The molecule has 1 aromatic heterocycles. The van der Waals surface area contributed by atoms with Crippen LogP contribution in [0, 0.1) is 6.92 Å². The Bertz CT molecular complexity index is 1130. The molecule has 1 aliphatic rings. The fourth-order valence-electron chi connectivity index (χ4n) is 3.34. The fraction of sp³-hybridized carbons (Fsp3) is 0.250. The summed E-state index contributed by atoms with van der Waals surface area (Å²) in [5.41, 5.74) is 1.32. The van der Waals surface area contributed by atoms with Crippen molar-refractivity contribution in [1.29, 1.82) is 0 Å². The molecule has 1 unspecified atom stereocenters. The van der Waals surface area contributed by atoms with Crippen LogP contribution < -0.4 is 15.4 Å². The maximum absolute atomic E-state index is 12.9. The van der Waals surface area contributed by atoms with Gasteiger partial charge in [-0.05, 0) is 68.1 Å². The van der Waals surface area contributed by atoms with Gasteiger partial charge in [-0.25, -0.2) is 9.97 Å². The third-order valence-corrected chi connectivity index (χ3v) is 5.69. The van der Waals surface area contributed by atoms with Crippen LogP contribution in [0.25, 0.3) is 0 Å². The van der Waals surface area contributed by atoms with Crippen LogP contribution in [0.1, 0.15) is 47.3 Å². The van der Waals surface area contributed by atoms with Gasteiger partial charge in [-0.1, -0.05) is 23.7 Å². The maximum atomic E-state index is 12.9. The van der Waals surface area contributed by atoms with E-state index >= 15 is 0 Å². The molecule has 0 aliphatic heterocycles. The summed E-state index contributed by atoms with van der Waals surface area (Å²) in [6.45, 7) is 3.84. The molecule has 1 fully saturated rings. The molecule has 0 radical (unpaired) electrons. The second-order valence-corrected chi connectivity index (χ2v) is 8.38. The van der Waals surface area contributed by atoms with Crippen molar-refractivity contribution in [1.82, 2.24) is 20.6 Å². The van der Waals surface area contributed by atoms with Crippen LogP contribution in [-0.4, -0.2) is 27.3 Å². The Morgan fingerprint density at radius 3 is 2.41 bits per heavy atom. The van der Waals surface area contributed by atoms with Crippen LogP contribution >= 0.6 is 11.6 Å². The van der Waals surface area contributed by atoms with Gasteiger partial charge in [0.15, 0.2) is 0 Å². The summed E-state index contributed by atoms with van der Waals surface area (Å²) in [7, 11) is 0. The first-order valence-electron chi connectivity index (χ1n) is 10.3. The third kappa shape index (κ3) is 4.89. The zero-order valence-corrected chi connectivity index (χ0v) is 18.5. The van der Waals surface area contributed by atoms with Crippen molar-refractivity contribution in [3.05, 3.63) is 82.9 Å². The first-order chi connectivity index (χ1) is 15.4. The average molecular weight is 451 g/mol. The van der Waals surface area contributed by atoms with Gasteiger partial charge in [0, 0.05) is 17.4 Å². The highest BCUT2D eigenvalue weighted by molar-refractivity contribution is 6.30. The Balaban J connectivity index is 1.36. The van der Waals surface area contributed by atoms with Gasteiger partial charge in [-0.2, -0.15) is 0 Å². The molecule has 4 rings (SSSR count). The topological polar surface area (TPSA) is 93.2 Å². The monoisotopic (exact) mass is 450 g/mol. The van der Waals surface area contributed by atoms with Crippen LogP contribution in [0.15, 0.2) is 61.2 Å².